The molecule has 5 heterocycles. The smallest absolute Gasteiger partial charge is 0.0911 e. The van der Waals surface area contributed by atoms with Gasteiger partial charge in [0.05, 0.1) is 11.6 Å². The molecule has 0 spiro atoms. The summed E-state index contributed by atoms with van der Waals surface area (Å²) in [4.78, 5) is 15.0. The molecule has 0 atom stereocenters. The molecular weight excluding hydrogens is 837 g/mol. The van der Waals surface area contributed by atoms with E-state index in [4.69, 9.17) is 5.73 Å². The third-order valence-corrected chi connectivity index (χ3v) is 15.3. The van der Waals surface area contributed by atoms with Gasteiger partial charge in [0.1, 0.15) is 0 Å². The monoisotopic (exact) mass is 961 g/mol. The van der Waals surface area contributed by atoms with Gasteiger partial charge in [-0.1, -0.05) is 39.8 Å². The van der Waals surface area contributed by atoms with E-state index < -0.39 is 0 Å². The van der Waals surface area contributed by atoms with Crippen molar-refractivity contribution >= 4 is 0 Å². The Hall–Kier alpha value is -1.56. The summed E-state index contributed by atoms with van der Waals surface area (Å²) in [5.74, 6) is 3.49. The molecule has 0 aromatic rings. The second-order valence-electron chi connectivity index (χ2n) is 26.5. The average Bonchev–Trinajstić information content (AvgIpc) is 3.24. The van der Waals surface area contributed by atoms with Crippen molar-refractivity contribution in [3.63, 3.8) is 0 Å². The van der Waals surface area contributed by atoms with Crippen molar-refractivity contribution in [2.75, 3.05) is 86.6 Å². The van der Waals surface area contributed by atoms with Gasteiger partial charge < -0.3 is 31.5 Å². The number of nitrogens with one attached hydrogen (secondary N) is 3. The molecular formula is C58H124N10. The first-order valence-electron chi connectivity index (χ1n) is 27.9. The van der Waals surface area contributed by atoms with Gasteiger partial charge in [0.25, 0.3) is 0 Å². The Morgan fingerprint density at radius 3 is 1.16 bits per heavy atom. The van der Waals surface area contributed by atoms with Gasteiger partial charge in [0, 0.05) is 79.0 Å². The van der Waals surface area contributed by atoms with Gasteiger partial charge in [-0.2, -0.15) is 0 Å². The summed E-state index contributed by atoms with van der Waals surface area (Å²) in [6.45, 7) is 63.4. The first-order chi connectivity index (χ1) is 31.1. The van der Waals surface area contributed by atoms with Crippen molar-refractivity contribution in [2.45, 2.75) is 254 Å². The van der Waals surface area contributed by atoms with Crippen LogP contribution in [-0.2, 0) is 0 Å². The number of hydrogen-bond acceptors (Lipinski definition) is 10. The fourth-order valence-corrected chi connectivity index (χ4v) is 9.09. The van der Waals surface area contributed by atoms with E-state index in [2.05, 4.69) is 204 Å². The topological polar surface area (TPSA) is 81.5 Å². The zero-order chi connectivity index (χ0) is 52.7. The van der Waals surface area contributed by atoms with Gasteiger partial charge in [-0.25, -0.2) is 0 Å². The van der Waals surface area contributed by atoms with Crippen LogP contribution >= 0.6 is 0 Å². The third-order valence-electron chi connectivity index (χ3n) is 15.3. The Kier molecular flexibility index (Phi) is 31.1. The molecule has 0 unspecified atom stereocenters. The van der Waals surface area contributed by atoms with Gasteiger partial charge in [-0.3, -0.25) is 19.6 Å². The molecule has 0 aromatic carbocycles. The van der Waals surface area contributed by atoms with Crippen molar-refractivity contribution in [2.24, 2.45) is 17.6 Å². The van der Waals surface area contributed by atoms with Crippen molar-refractivity contribution < 1.29 is 0 Å². The van der Waals surface area contributed by atoms with Crippen molar-refractivity contribution in [3.8, 4) is 0 Å². The van der Waals surface area contributed by atoms with Crippen LogP contribution in [0.25, 0.3) is 0 Å². The Morgan fingerprint density at radius 1 is 0.544 bits per heavy atom. The number of likely N-dealkylation sites (tertiary alicyclic amines) is 5. The Morgan fingerprint density at radius 2 is 0.868 bits per heavy atom. The lowest BCUT2D eigenvalue weighted by atomic mass is 9.91. The molecule has 10 heteroatoms. The van der Waals surface area contributed by atoms with Crippen LogP contribution < -0.4 is 21.7 Å². The molecule has 5 aliphatic heterocycles. The van der Waals surface area contributed by atoms with Crippen LogP contribution in [0.1, 0.15) is 209 Å². The second-order valence-corrected chi connectivity index (χ2v) is 26.5. The van der Waals surface area contributed by atoms with Gasteiger partial charge in [-0.15, -0.1) is 0 Å². The van der Waals surface area contributed by atoms with Crippen molar-refractivity contribution in [1.82, 2.24) is 45.3 Å². The van der Waals surface area contributed by atoms with Crippen molar-refractivity contribution in [3.05, 3.63) is 24.8 Å². The van der Waals surface area contributed by atoms with E-state index in [1.54, 1.807) is 0 Å². The van der Waals surface area contributed by atoms with Crippen LogP contribution in [0.2, 0.25) is 0 Å². The fourth-order valence-electron chi connectivity index (χ4n) is 9.09. The summed E-state index contributed by atoms with van der Waals surface area (Å²) in [6.07, 6.45) is 16.0. The molecule has 5 aliphatic rings. The molecule has 406 valence electrons. The highest BCUT2D eigenvalue weighted by molar-refractivity contribution is 4.93. The maximum Gasteiger partial charge on any atom is 0.0911 e. The minimum atomic E-state index is 0.296. The highest BCUT2D eigenvalue weighted by Crippen LogP contribution is 2.26. The number of nitrogens with zero attached hydrogens (tertiary/aromatic N) is 6. The van der Waals surface area contributed by atoms with Gasteiger partial charge in [-0.05, 0) is 247 Å². The van der Waals surface area contributed by atoms with E-state index in [-0.39, 0.29) is 0 Å². The summed E-state index contributed by atoms with van der Waals surface area (Å²) >= 11 is 0. The first-order valence-corrected chi connectivity index (χ1v) is 27.9. The lowest BCUT2D eigenvalue weighted by Gasteiger charge is -2.41. The molecule has 5 saturated heterocycles. The standard InChI is InChI=1S/2C11H23N3.C11H23N.C10H21N.C9H19N.C6H15N/c1-9(12)13-10-5-7-14(8-6-10)11(2,3)4;1-9(2)14-7-5-11(6-8-14)13-10(3)12-4;1-5-10-6-8-12(9-7-10)11(2,3)4;1-9-5-7-11(8-6-9)10(2,3)4;1-9(2,3)10-7-5-4-6-8-10;1-6(2,3)7(4)5/h10,13H,1,5-8,12H2,2-4H3;9,11-13H,3,5-8H2,1-2,4H3;10H,5-9H2,1-4H3;9H,5-8H2,1-4H3;4-8H2,1-3H3;1-5H3. The van der Waals surface area contributed by atoms with Gasteiger partial charge in [0.2, 0.25) is 0 Å². The molecule has 0 bridgehead atoms. The number of nitrogens with two attached hydrogens (primary N) is 1. The molecule has 0 saturated carbocycles. The Balaban J connectivity index is 0.000000802. The SMILES string of the molecule is C=C(N)NC1CCN(C(C)(C)C)CC1.C=C(NC)NC1CCN(C(C)C)CC1.CC(C)(C)N1CCCCC1.CC1CCN(C(C)(C)C)CC1.CCC1CCN(C(C)(C)C)CC1.CN(C)C(C)(C)C. The molecule has 0 radical (unpaired) electrons. The number of rotatable bonds is 7. The molecule has 10 nitrogen and oxygen atoms in total. The van der Waals surface area contributed by atoms with E-state index in [0.29, 0.717) is 51.6 Å². The maximum absolute atomic E-state index is 5.52. The summed E-state index contributed by atoms with van der Waals surface area (Å²) in [7, 11) is 6.07. The zero-order valence-corrected chi connectivity index (χ0v) is 50.1. The minimum Gasteiger partial charge on any atom is -0.386 e. The zero-order valence-electron chi connectivity index (χ0n) is 50.1. The second kappa shape index (κ2) is 31.8. The van der Waals surface area contributed by atoms with E-state index >= 15 is 0 Å². The minimum absolute atomic E-state index is 0.296. The number of piperidine rings is 5. The Bertz CT molecular complexity index is 1270. The maximum atomic E-state index is 5.52. The summed E-state index contributed by atoms with van der Waals surface area (Å²) in [6, 6.07) is 1.81. The van der Waals surface area contributed by atoms with E-state index in [9.17, 15) is 0 Å². The summed E-state index contributed by atoms with van der Waals surface area (Å²) in [5.41, 5.74) is 7.33. The fraction of sp³-hybridized carbons (Fsp3) is 0.931. The van der Waals surface area contributed by atoms with Gasteiger partial charge in [0.15, 0.2) is 0 Å². The number of hydrogen-bond donors (Lipinski definition) is 4. The van der Waals surface area contributed by atoms with Crippen LogP contribution in [-0.4, -0.2) is 162 Å². The molecule has 0 aromatic heterocycles. The quantitative estimate of drug-likeness (QED) is 0.198. The summed E-state index contributed by atoms with van der Waals surface area (Å²) in [5, 5.41) is 9.63. The third kappa shape index (κ3) is 30.4. The normalized spacial score (nSPS) is 21.0. The highest BCUT2D eigenvalue weighted by Gasteiger charge is 2.28. The lowest BCUT2D eigenvalue weighted by molar-refractivity contribution is 0.0866. The highest BCUT2D eigenvalue weighted by atomic mass is 15.2. The molecule has 5 fully saturated rings. The van der Waals surface area contributed by atoms with E-state index in [0.717, 1.165) is 43.6 Å². The van der Waals surface area contributed by atoms with E-state index in [1.807, 2.05) is 7.05 Å². The molecule has 5 N–H and O–H groups in total. The molecule has 0 amide bonds. The van der Waals surface area contributed by atoms with Crippen LogP contribution in [0.3, 0.4) is 0 Å². The van der Waals surface area contributed by atoms with E-state index in [1.165, 1.54) is 117 Å². The van der Waals surface area contributed by atoms with Gasteiger partial charge >= 0.3 is 0 Å². The van der Waals surface area contributed by atoms with Crippen LogP contribution in [0.4, 0.5) is 0 Å². The molecule has 5 rings (SSSR count). The average molecular weight is 962 g/mol. The molecule has 0 aliphatic carbocycles. The molecule has 68 heavy (non-hydrogen) atoms. The van der Waals surface area contributed by atoms with Crippen LogP contribution in [0, 0.1) is 11.8 Å². The largest absolute Gasteiger partial charge is 0.386 e. The Labute approximate surface area is 427 Å². The predicted octanol–water partition coefficient (Wildman–Crippen LogP) is 11.4. The predicted molar refractivity (Wildman–Crippen MR) is 305 cm³/mol. The summed E-state index contributed by atoms with van der Waals surface area (Å²) < 4.78 is 0. The van der Waals surface area contributed by atoms with Crippen molar-refractivity contribution in [1.29, 1.82) is 0 Å². The lowest BCUT2D eigenvalue weighted by Crippen LogP contribution is -2.50. The first kappa shape index (κ1) is 66.4. The van der Waals surface area contributed by atoms with Crippen LogP contribution in [0.15, 0.2) is 24.8 Å². The van der Waals surface area contributed by atoms with Crippen LogP contribution in [0.5, 0.6) is 0 Å².